The molecular weight excluding hydrogens is 690 g/mol. The van der Waals surface area contributed by atoms with Crippen LogP contribution in [0.1, 0.15) is 63.8 Å². The fourth-order valence-electron chi connectivity index (χ4n) is 6.66. The van der Waals surface area contributed by atoms with Crippen molar-refractivity contribution >= 4 is 52.1 Å². The maximum Gasteiger partial charge on any atom is 0.410 e. The van der Waals surface area contributed by atoms with Gasteiger partial charge in [-0.25, -0.2) is 9.78 Å². The van der Waals surface area contributed by atoms with Gasteiger partial charge in [-0.3, -0.25) is 9.78 Å². The number of aryl methyl sites for hydroxylation is 1. The van der Waals surface area contributed by atoms with Crippen molar-refractivity contribution in [3.05, 3.63) is 53.1 Å². The number of amides is 2. The Morgan fingerprint density at radius 2 is 1.76 bits per heavy atom. The van der Waals surface area contributed by atoms with Crippen molar-refractivity contribution in [1.82, 2.24) is 19.4 Å². The Balaban J connectivity index is 1.11. The van der Waals surface area contributed by atoms with Gasteiger partial charge in [-0.15, -0.1) is 12.3 Å². The maximum absolute atomic E-state index is 14.4. The largest absolute Gasteiger partial charge is 0.447 e. The Morgan fingerprint density at radius 1 is 1.02 bits per heavy atom. The van der Waals surface area contributed by atoms with Crippen LogP contribution in [-0.2, 0) is 42.2 Å². The molecule has 4 heterocycles. The number of thioether (sulfide) groups is 1. The third kappa shape index (κ3) is 10.2. The Hall–Kier alpha value is -3.34. The molecule has 0 aliphatic carbocycles. The van der Waals surface area contributed by atoms with E-state index in [9.17, 15) is 9.59 Å². The maximum atomic E-state index is 14.4. The number of unbranched alkanes of at least 4 members (excludes halogenated alkanes) is 2. The molecule has 1 saturated heterocycles. The Kier molecular flexibility index (Phi) is 14.9. The van der Waals surface area contributed by atoms with E-state index in [1.807, 2.05) is 54.8 Å². The predicted molar refractivity (Wildman–Crippen MR) is 201 cm³/mol. The molecule has 0 N–H and O–H groups in total. The van der Waals surface area contributed by atoms with Crippen molar-refractivity contribution in [1.29, 1.82) is 0 Å². The first kappa shape index (κ1) is 38.9. The molecule has 1 aromatic carbocycles. The molecule has 2 aliphatic heterocycles. The van der Waals surface area contributed by atoms with Crippen molar-refractivity contribution in [2.75, 3.05) is 69.1 Å². The highest BCUT2D eigenvalue weighted by Gasteiger charge is 2.53. The molecule has 5 rings (SSSR count). The molecule has 0 bridgehead atoms. The number of ether oxygens (including phenoxy) is 4. The van der Waals surface area contributed by atoms with E-state index in [4.69, 9.17) is 42.0 Å². The molecule has 2 aliphatic rings. The summed E-state index contributed by atoms with van der Waals surface area (Å²) < 4.78 is 24.5. The smallest absolute Gasteiger partial charge is 0.410 e. The van der Waals surface area contributed by atoms with Crippen LogP contribution in [0.3, 0.4) is 0 Å². The highest BCUT2D eigenvalue weighted by molar-refractivity contribution is 7.99. The van der Waals surface area contributed by atoms with E-state index in [1.165, 1.54) is 0 Å². The van der Waals surface area contributed by atoms with Crippen molar-refractivity contribution in [3.8, 4) is 12.3 Å². The minimum absolute atomic E-state index is 0.0281. The monoisotopic (exact) mass is 739 g/mol. The Morgan fingerprint density at radius 3 is 2.51 bits per heavy atom. The number of halogens is 1. The molecule has 276 valence electrons. The minimum atomic E-state index is -0.713. The number of nitrogens with zero attached hydrogens (tertiary/aromatic N) is 5. The molecule has 2 amide bonds. The van der Waals surface area contributed by atoms with Crippen LogP contribution in [0, 0.1) is 12.3 Å². The summed E-state index contributed by atoms with van der Waals surface area (Å²) in [6, 6.07) is 7.70. The number of rotatable bonds is 20. The fraction of sp³-hybridized carbons (Fsp3) is 0.579. The third-order valence-electron chi connectivity index (χ3n) is 9.21. The van der Waals surface area contributed by atoms with E-state index in [0.717, 1.165) is 78.4 Å². The second kappa shape index (κ2) is 19.5. The number of pyridine rings is 1. The summed E-state index contributed by atoms with van der Waals surface area (Å²) in [5, 5.41) is 0.619. The topological polar surface area (TPSA) is 108 Å². The fourth-order valence-corrected chi connectivity index (χ4v) is 7.60. The number of hydrogen-bond donors (Lipinski definition) is 0. The normalized spacial score (nSPS) is 15.2. The highest BCUT2D eigenvalue weighted by atomic mass is 35.5. The van der Waals surface area contributed by atoms with Gasteiger partial charge in [-0.05, 0) is 81.5 Å². The van der Waals surface area contributed by atoms with E-state index in [1.54, 1.807) is 17.3 Å². The second-order valence-corrected chi connectivity index (χ2v) is 14.7. The summed E-state index contributed by atoms with van der Waals surface area (Å²) in [7, 11) is 0. The number of likely N-dealkylation sites (tertiary alicyclic amines) is 1. The summed E-state index contributed by atoms with van der Waals surface area (Å²) in [6.07, 6.45) is 13.0. The molecule has 1 spiro atoms. The third-order valence-corrected chi connectivity index (χ3v) is 10.5. The zero-order valence-electron chi connectivity index (χ0n) is 29.8. The Labute approximate surface area is 310 Å². The lowest BCUT2D eigenvalue weighted by Gasteiger charge is -2.38. The summed E-state index contributed by atoms with van der Waals surface area (Å²) in [4.78, 5) is 39.9. The molecule has 2 aromatic heterocycles. The van der Waals surface area contributed by atoms with Gasteiger partial charge in [0.15, 0.2) is 0 Å². The van der Waals surface area contributed by atoms with Gasteiger partial charge in [0.25, 0.3) is 0 Å². The SMILES string of the molecule is C#CCCCCOCCOCCOCCSCCCn1c(CN2C(=O)C3(CCN(C(=O)OC(C)C)CC3)c3ccncc32)nc2cc(Cl)ccc21. The summed E-state index contributed by atoms with van der Waals surface area (Å²) >= 11 is 8.21. The number of anilines is 1. The average Bonchev–Trinajstić information content (AvgIpc) is 3.57. The van der Waals surface area contributed by atoms with Gasteiger partial charge in [0.05, 0.1) is 74.0 Å². The molecular formula is C38H50ClN5O6S. The standard InChI is InChI=1S/C38H50ClN5O6S/c1-4-5-6-7-18-47-19-20-48-21-22-49-23-25-51-24-8-15-43-33-10-9-30(39)26-32(33)41-35(43)28-44-34-27-40-14-11-31(34)38(36(44)45)12-16-42(17-13-38)37(46)50-29(2)3/h1,9-11,14,26-27,29H,5-8,12-13,15-25,28H2,2-3H3. The molecule has 51 heavy (non-hydrogen) atoms. The van der Waals surface area contributed by atoms with E-state index in [-0.39, 0.29) is 18.1 Å². The van der Waals surface area contributed by atoms with Crippen LogP contribution in [0.15, 0.2) is 36.7 Å². The van der Waals surface area contributed by atoms with Gasteiger partial charge < -0.3 is 33.3 Å². The van der Waals surface area contributed by atoms with E-state index in [0.29, 0.717) is 70.5 Å². The second-order valence-electron chi connectivity index (χ2n) is 13.1. The first-order chi connectivity index (χ1) is 24.8. The van der Waals surface area contributed by atoms with Crippen LogP contribution in [0.2, 0.25) is 5.02 Å². The van der Waals surface area contributed by atoms with Gasteiger partial charge in [0, 0.05) is 49.6 Å². The van der Waals surface area contributed by atoms with Crippen LogP contribution in [0.5, 0.6) is 0 Å². The van der Waals surface area contributed by atoms with Crippen molar-refractivity contribution in [2.24, 2.45) is 0 Å². The van der Waals surface area contributed by atoms with Crippen molar-refractivity contribution in [3.63, 3.8) is 0 Å². The van der Waals surface area contributed by atoms with Crippen LogP contribution in [0.4, 0.5) is 10.5 Å². The van der Waals surface area contributed by atoms with Gasteiger partial charge in [-0.1, -0.05) is 11.6 Å². The molecule has 3 aromatic rings. The zero-order valence-corrected chi connectivity index (χ0v) is 31.4. The number of hydrogen-bond acceptors (Lipinski definition) is 9. The zero-order chi connectivity index (χ0) is 36.1. The van der Waals surface area contributed by atoms with Gasteiger partial charge in [-0.2, -0.15) is 11.8 Å². The average molecular weight is 740 g/mol. The van der Waals surface area contributed by atoms with Gasteiger partial charge >= 0.3 is 6.09 Å². The van der Waals surface area contributed by atoms with Gasteiger partial charge in [0.2, 0.25) is 5.91 Å². The molecule has 0 saturated carbocycles. The molecule has 0 unspecified atom stereocenters. The number of terminal acetylenes is 1. The van der Waals surface area contributed by atoms with Crippen LogP contribution >= 0.6 is 23.4 Å². The first-order valence-electron chi connectivity index (χ1n) is 17.9. The van der Waals surface area contributed by atoms with E-state index >= 15 is 0 Å². The number of fused-ring (bicyclic) bond motifs is 3. The number of carbonyl (C=O) groups is 2. The molecule has 0 radical (unpaired) electrons. The molecule has 11 nitrogen and oxygen atoms in total. The predicted octanol–water partition coefficient (Wildman–Crippen LogP) is 6.49. The van der Waals surface area contributed by atoms with Crippen molar-refractivity contribution in [2.45, 2.75) is 77.0 Å². The van der Waals surface area contributed by atoms with Gasteiger partial charge in [0.1, 0.15) is 5.82 Å². The molecule has 0 atom stereocenters. The number of imidazole rings is 1. The number of aromatic nitrogens is 3. The quantitative estimate of drug-likeness (QED) is 0.0950. The number of carbonyl (C=O) groups excluding carboxylic acids is 2. The lowest BCUT2D eigenvalue weighted by Crippen LogP contribution is -2.50. The van der Waals surface area contributed by atoms with Crippen LogP contribution in [0.25, 0.3) is 11.0 Å². The molecule has 13 heteroatoms. The minimum Gasteiger partial charge on any atom is -0.447 e. The first-order valence-corrected chi connectivity index (χ1v) is 19.5. The lowest BCUT2D eigenvalue weighted by molar-refractivity contribution is -0.125. The van der Waals surface area contributed by atoms with Crippen molar-refractivity contribution < 1.29 is 28.5 Å². The van der Waals surface area contributed by atoms with Crippen LogP contribution in [-0.4, -0.2) is 102 Å². The van der Waals surface area contributed by atoms with Crippen LogP contribution < -0.4 is 4.90 Å². The summed E-state index contributed by atoms with van der Waals surface area (Å²) in [6.45, 7) is 9.29. The Bertz CT molecular complexity index is 1640. The molecule has 1 fully saturated rings. The summed E-state index contributed by atoms with van der Waals surface area (Å²) in [5.41, 5.74) is 2.85. The van der Waals surface area contributed by atoms with E-state index < -0.39 is 5.41 Å². The number of benzene rings is 1. The lowest BCUT2D eigenvalue weighted by atomic mass is 9.74. The van der Waals surface area contributed by atoms with E-state index in [2.05, 4.69) is 15.5 Å². The highest BCUT2D eigenvalue weighted by Crippen LogP contribution is 2.48. The summed E-state index contributed by atoms with van der Waals surface area (Å²) in [5.74, 6) is 5.32. The number of piperidine rings is 1.